The summed E-state index contributed by atoms with van der Waals surface area (Å²) in [5.74, 6) is 1.17. The molecular weight excluding hydrogens is 242 g/mol. The van der Waals surface area contributed by atoms with Gasteiger partial charge in [0, 0.05) is 7.11 Å². The molecule has 0 aliphatic heterocycles. The van der Waals surface area contributed by atoms with Crippen molar-refractivity contribution in [1.82, 2.24) is 10.1 Å². The highest BCUT2D eigenvalue weighted by Crippen LogP contribution is 2.34. The quantitative estimate of drug-likeness (QED) is 0.849. The lowest BCUT2D eigenvalue weighted by atomic mass is 9.91. The van der Waals surface area contributed by atoms with Crippen molar-refractivity contribution in [2.75, 3.05) is 7.11 Å². The van der Waals surface area contributed by atoms with Crippen molar-refractivity contribution < 1.29 is 9.26 Å². The number of nitrogens with two attached hydrogens (primary N) is 1. The number of hydrogen-bond acceptors (Lipinski definition) is 5. The monoisotopic (exact) mass is 267 g/mol. The Bertz CT molecular complexity index is 405. The van der Waals surface area contributed by atoms with Gasteiger partial charge in [-0.05, 0) is 26.2 Å². The smallest absolute Gasteiger partial charge is 0.246 e. The Kier molecular flexibility index (Phi) is 4.26. The fourth-order valence-corrected chi connectivity index (χ4v) is 2.61. The van der Waals surface area contributed by atoms with Gasteiger partial charge in [-0.15, -0.1) is 0 Å². The van der Waals surface area contributed by atoms with Crippen molar-refractivity contribution in [2.45, 2.75) is 69.9 Å². The van der Waals surface area contributed by atoms with E-state index >= 15 is 0 Å². The summed E-state index contributed by atoms with van der Waals surface area (Å²) in [6.45, 7) is 4.02. The third-order valence-electron chi connectivity index (χ3n) is 4.45. The van der Waals surface area contributed by atoms with Gasteiger partial charge >= 0.3 is 0 Å². The molecule has 0 spiro atoms. The lowest BCUT2D eigenvalue weighted by Crippen LogP contribution is -2.36. The highest BCUT2D eigenvalue weighted by Gasteiger charge is 2.37. The SMILES string of the molecule is CCC(C)(OC)c1noc(C2(N)CCCCCC2)n1. The Labute approximate surface area is 114 Å². The van der Waals surface area contributed by atoms with Crippen LogP contribution >= 0.6 is 0 Å². The maximum absolute atomic E-state index is 6.48. The van der Waals surface area contributed by atoms with E-state index < -0.39 is 11.1 Å². The maximum atomic E-state index is 6.48. The molecule has 5 heteroatoms. The zero-order valence-corrected chi connectivity index (χ0v) is 12.2. The number of methoxy groups -OCH3 is 1. The van der Waals surface area contributed by atoms with Crippen LogP contribution in [0.2, 0.25) is 0 Å². The first-order valence-corrected chi connectivity index (χ1v) is 7.23. The molecule has 1 unspecified atom stereocenters. The Morgan fingerprint density at radius 2 is 1.95 bits per heavy atom. The predicted octanol–water partition coefficient (Wildman–Crippen LogP) is 2.85. The third-order valence-corrected chi connectivity index (χ3v) is 4.45. The average Bonchev–Trinajstić information content (AvgIpc) is 2.83. The second kappa shape index (κ2) is 5.59. The van der Waals surface area contributed by atoms with Gasteiger partial charge in [-0.3, -0.25) is 0 Å². The lowest BCUT2D eigenvalue weighted by Gasteiger charge is -2.24. The van der Waals surface area contributed by atoms with Crippen molar-refractivity contribution in [3.05, 3.63) is 11.7 Å². The van der Waals surface area contributed by atoms with Gasteiger partial charge in [0.05, 0.1) is 5.54 Å². The standard InChI is InChI=1S/C14H25N3O2/c1-4-13(2,18-3)11-16-12(19-17-11)14(15)9-7-5-6-8-10-14/h4-10,15H2,1-3H3. The highest BCUT2D eigenvalue weighted by molar-refractivity contribution is 5.06. The van der Waals surface area contributed by atoms with Crippen LogP contribution in [0.5, 0.6) is 0 Å². The summed E-state index contributed by atoms with van der Waals surface area (Å²) in [4.78, 5) is 4.53. The first kappa shape index (κ1) is 14.5. The van der Waals surface area contributed by atoms with E-state index in [2.05, 4.69) is 10.1 Å². The van der Waals surface area contributed by atoms with Gasteiger partial charge in [0.1, 0.15) is 5.60 Å². The van der Waals surface area contributed by atoms with E-state index in [0.717, 1.165) is 32.1 Å². The number of hydrogen-bond donors (Lipinski definition) is 1. The van der Waals surface area contributed by atoms with E-state index in [1.807, 2.05) is 13.8 Å². The van der Waals surface area contributed by atoms with Crippen molar-refractivity contribution in [2.24, 2.45) is 5.73 Å². The topological polar surface area (TPSA) is 74.2 Å². The van der Waals surface area contributed by atoms with Crippen LogP contribution in [-0.2, 0) is 15.9 Å². The van der Waals surface area contributed by atoms with Crippen LogP contribution in [0, 0.1) is 0 Å². The van der Waals surface area contributed by atoms with E-state index in [9.17, 15) is 0 Å². The highest BCUT2D eigenvalue weighted by atomic mass is 16.5. The number of aromatic nitrogens is 2. The zero-order chi connectivity index (χ0) is 13.9. The zero-order valence-electron chi connectivity index (χ0n) is 12.2. The van der Waals surface area contributed by atoms with Crippen LogP contribution in [0.15, 0.2) is 4.52 Å². The van der Waals surface area contributed by atoms with E-state index in [0.29, 0.717) is 11.7 Å². The Morgan fingerprint density at radius 1 is 1.32 bits per heavy atom. The minimum absolute atomic E-state index is 0.454. The van der Waals surface area contributed by atoms with Crippen LogP contribution < -0.4 is 5.73 Å². The molecule has 19 heavy (non-hydrogen) atoms. The molecule has 2 rings (SSSR count). The summed E-state index contributed by atoms with van der Waals surface area (Å²) >= 11 is 0. The molecule has 0 saturated heterocycles. The molecule has 0 bridgehead atoms. The van der Waals surface area contributed by atoms with E-state index in [4.69, 9.17) is 15.0 Å². The van der Waals surface area contributed by atoms with Gasteiger partial charge in [-0.25, -0.2) is 0 Å². The average molecular weight is 267 g/mol. The van der Waals surface area contributed by atoms with Gasteiger partial charge < -0.3 is 15.0 Å². The van der Waals surface area contributed by atoms with Crippen LogP contribution in [-0.4, -0.2) is 17.3 Å². The normalized spacial score (nSPS) is 22.7. The van der Waals surface area contributed by atoms with Crippen molar-refractivity contribution in [1.29, 1.82) is 0 Å². The molecule has 2 N–H and O–H groups in total. The Hall–Kier alpha value is -0.940. The summed E-state index contributed by atoms with van der Waals surface area (Å²) in [5, 5.41) is 4.09. The molecule has 108 valence electrons. The minimum Gasteiger partial charge on any atom is -0.370 e. The van der Waals surface area contributed by atoms with Crippen LogP contribution in [0.25, 0.3) is 0 Å². The molecule has 1 aromatic rings. The van der Waals surface area contributed by atoms with Gasteiger partial charge in [-0.1, -0.05) is 37.8 Å². The van der Waals surface area contributed by atoms with Gasteiger partial charge in [0.2, 0.25) is 11.7 Å². The molecule has 0 amide bonds. The fourth-order valence-electron chi connectivity index (χ4n) is 2.61. The van der Waals surface area contributed by atoms with Gasteiger partial charge in [-0.2, -0.15) is 4.98 Å². The summed E-state index contributed by atoms with van der Waals surface area (Å²) in [5.41, 5.74) is 5.53. The van der Waals surface area contributed by atoms with Gasteiger partial charge in [0.25, 0.3) is 0 Å². The second-order valence-corrected chi connectivity index (χ2v) is 5.78. The molecule has 1 aliphatic carbocycles. The summed E-state index contributed by atoms with van der Waals surface area (Å²) in [6.07, 6.45) is 7.37. The molecule has 1 aromatic heterocycles. The number of ether oxygens (including phenoxy) is 1. The summed E-state index contributed by atoms with van der Waals surface area (Å²) in [6, 6.07) is 0. The van der Waals surface area contributed by atoms with Crippen LogP contribution in [0.3, 0.4) is 0 Å². The van der Waals surface area contributed by atoms with Crippen molar-refractivity contribution in [3.8, 4) is 0 Å². The second-order valence-electron chi connectivity index (χ2n) is 5.78. The Morgan fingerprint density at radius 3 is 2.47 bits per heavy atom. The van der Waals surface area contributed by atoms with Crippen molar-refractivity contribution >= 4 is 0 Å². The van der Waals surface area contributed by atoms with Crippen LogP contribution in [0.4, 0.5) is 0 Å². The molecule has 0 aromatic carbocycles. The van der Waals surface area contributed by atoms with E-state index in [1.54, 1.807) is 7.11 Å². The predicted molar refractivity (Wildman–Crippen MR) is 72.5 cm³/mol. The lowest BCUT2D eigenvalue weighted by molar-refractivity contribution is -0.0106. The van der Waals surface area contributed by atoms with Crippen molar-refractivity contribution in [3.63, 3.8) is 0 Å². The fraction of sp³-hybridized carbons (Fsp3) is 0.857. The van der Waals surface area contributed by atoms with E-state index in [1.165, 1.54) is 12.8 Å². The molecule has 1 aliphatic rings. The molecule has 1 atom stereocenters. The molecule has 1 heterocycles. The van der Waals surface area contributed by atoms with E-state index in [-0.39, 0.29) is 0 Å². The Balaban J connectivity index is 2.24. The third kappa shape index (κ3) is 2.82. The first-order chi connectivity index (χ1) is 9.04. The van der Waals surface area contributed by atoms with Crippen LogP contribution in [0.1, 0.15) is 70.5 Å². The molecule has 5 nitrogen and oxygen atoms in total. The summed E-state index contributed by atoms with van der Waals surface area (Å²) < 4.78 is 11.0. The summed E-state index contributed by atoms with van der Waals surface area (Å²) in [7, 11) is 1.67. The number of rotatable bonds is 4. The molecule has 1 fully saturated rings. The molecule has 0 radical (unpaired) electrons. The van der Waals surface area contributed by atoms with Gasteiger partial charge in [0.15, 0.2) is 0 Å². The minimum atomic E-state index is -0.497. The molecular formula is C14H25N3O2. The maximum Gasteiger partial charge on any atom is 0.246 e. The molecule has 1 saturated carbocycles. The number of nitrogens with zero attached hydrogens (tertiary/aromatic N) is 2. The first-order valence-electron chi connectivity index (χ1n) is 7.23. The largest absolute Gasteiger partial charge is 0.370 e.